The maximum Gasteiger partial charge on any atom is 0.264 e. The fourth-order valence-electron chi connectivity index (χ4n) is 4.46. The van der Waals surface area contributed by atoms with Crippen LogP contribution in [-0.2, 0) is 4.79 Å². The van der Waals surface area contributed by atoms with Gasteiger partial charge in [-0.25, -0.2) is 4.98 Å². The second kappa shape index (κ2) is 10.3. The number of piperidine rings is 1. The molecule has 32 heavy (non-hydrogen) atoms. The Bertz CT molecular complexity index is 983. The summed E-state index contributed by atoms with van der Waals surface area (Å²) in [6.45, 7) is 4.81. The summed E-state index contributed by atoms with van der Waals surface area (Å²) in [5.41, 5.74) is 0.762. The number of fused-ring (bicyclic) bond motifs is 2. The third-order valence-electron chi connectivity index (χ3n) is 6.13. The van der Waals surface area contributed by atoms with Crippen LogP contribution in [-0.4, -0.2) is 53.9 Å². The summed E-state index contributed by atoms with van der Waals surface area (Å²) in [7, 11) is 0. The number of likely N-dealkylation sites (tertiary alicyclic amines) is 1. The molecule has 0 radical (unpaired) electrons. The van der Waals surface area contributed by atoms with Crippen LogP contribution in [0.25, 0.3) is 0 Å². The standard InChI is InChI=1S/C24H29ClN4O3/c1-2-18-7-3-4-13-28(18)14-6-12-26-22(30)16-29-20-15-17(25)9-10-21(20)32-23-19(24(29)31)8-5-11-27-23/h5,8-11,15,18H,2-4,6-7,12-14,16H2,1H3,(H,26,30)/t18-/m1/s1. The van der Waals surface area contributed by atoms with E-state index in [9.17, 15) is 9.59 Å². The molecule has 2 aromatic rings. The molecule has 1 aromatic heterocycles. The summed E-state index contributed by atoms with van der Waals surface area (Å²) in [5, 5.41) is 3.42. The molecule has 8 heteroatoms. The van der Waals surface area contributed by atoms with E-state index in [1.807, 2.05) is 0 Å². The molecular weight excluding hydrogens is 428 g/mol. The highest BCUT2D eigenvalue weighted by Gasteiger charge is 2.30. The predicted molar refractivity (Wildman–Crippen MR) is 125 cm³/mol. The molecule has 4 rings (SSSR count). The van der Waals surface area contributed by atoms with E-state index >= 15 is 0 Å². The van der Waals surface area contributed by atoms with Crippen molar-refractivity contribution in [3.63, 3.8) is 0 Å². The van der Waals surface area contributed by atoms with Gasteiger partial charge in [0, 0.05) is 30.4 Å². The number of hydrogen-bond donors (Lipinski definition) is 1. The molecule has 2 amide bonds. The molecule has 3 heterocycles. The lowest BCUT2D eigenvalue weighted by molar-refractivity contribution is -0.119. The molecule has 1 atom stereocenters. The van der Waals surface area contributed by atoms with Gasteiger partial charge < -0.3 is 15.0 Å². The van der Waals surface area contributed by atoms with Crippen LogP contribution in [0.2, 0.25) is 5.02 Å². The topological polar surface area (TPSA) is 74.8 Å². The summed E-state index contributed by atoms with van der Waals surface area (Å²) in [4.78, 5) is 34.1. The number of rotatable bonds is 7. The van der Waals surface area contributed by atoms with Crippen LogP contribution in [0.5, 0.6) is 11.6 Å². The summed E-state index contributed by atoms with van der Waals surface area (Å²) < 4.78 is 5.86. The van der Waals surface area contributed by atoms with Crippen molar-refractivity contribution in [1.82, 2.24) is 15.2 Å². The summed E-state index contributed by atoms with van der Waals surface area (Å²) in [6.07, 6.45) is 7.44. The summed E-state index contributed by atoms with van der Waals surface area (Å²) in [5.74, 6) is 0.0883. The molecule has 170 valence electrons. The van der Waals surface area contributed by atoms with Gasteiger partial charge >= 0.3 is 0 Å². The van der Waals surface area contributed by atoms with Gasteiger partial charge in [0.05, 0.1) is 5.69 Å². The third kappa shape index (κ3) is 5.05. The number of hydrogen-bond acceptors (Lipinski definition) is 5. The van der Waals surface area contributed by atoms with Crippen LogP contribution < -0.4 is 15.0 Å². The molecule has 0 aliphatic carbocycles. The van der Waals surface area contributed by atoms with Gasteiger partial charge in [0.1, 0.15) is 12.1 Å². The van der Waals surface area contributed by atoms with Crippen molar-refractivity contribution >= 4 is 29.1 Å². The van der Waals surface area contributed by atoms with E-state index in [-0.39, 0.29) is 24.2 Å². The van der Waals surface area contributed by atoms with Crippen LogP contribution in [0.3, 0.4) is 0 Å². The Morgan fingerprint density at radius 1 is 1.31 bits per heavy atom. The first-order valence-corrected chi connectivity index (χ1v) is 11.7. The number of pyridine rings is 1. The number of anilines is 1. The maximum atomic E-state index is 13.2. The number of amides is 2. The molecular formula is C24H29ClN4O3. The Kier molecular flexibility index (Phi) is 7.27. The highest BCUT2D eigenvalue weighted by atomic mass is 35.5. The van der Waals surface area contributed by atoms with Crippen LogP contribution >= 0.6 is 11.6 Å². The van der Waals surface area contributed by atoms with Gasteiger partial charge in [0.15, 0.2) is 5.75 Å². The largest absolute Gasteiger partial charge is 0.436 e. The lowest BCUT2D eigenvalue weighted by Crippen LogP contribution is -2.42. The van der Waals surface area contributed by atoms with Crippen LogP contribution in [0.4, 0.5) is 5.69 Å². The lowest BCUT2D eigenvalue weighted by atomic mass is 10.00. The number of nitrogens with one attached hydrogen (secondary N) is 1. The zero-order valence-corrected chi connectivity index (χ0v) is 19.1. The highest BCUT2D eigenvalue weighted by molar-refractivity contribution is 6.31. The Morgan fingerprint density at radius 3 is 3.03 bits per heavy atom. The van der Waals surface area contributed by atoms with E-state index in [0.29, 0.717) is 34.6 Å². The SMILES string of the molecule is CC[C@@H]1CCCCN1CCCNC(=O)CN1C(=O)c2cccnc2Oc2ccc(Cl)cc21. The van der Waals surface area contributed by atoms with Crippen molar-refractivity contribution in [1.29, 1.82) is 0 Å². The molecule has 7 nitrogen and oxygen atoms in total. The lowest BCUT2D eigenvalue weighted by Gasteiger charge is -2.35. The summed E-state index contributed by atoms with van der Waals surface area (Å²) in [6, 6.07) is 8.97. The average molecular weight is 457 g/mol. The van der Waals surface area contributed by atoms with Gasteiger partial charge in [-0.05, 0) is 62.6 Å². The minimum Gasteiger partial charge on any atom is -0.436 e. The quantitative estimate of drug-likeness (QED) is 0.630. The van der Waals surface area contributed by atoms with E-state index in [1.165, 1.54) is 30.6 Å². The number of nitrogens with zero attached hydrogens (tertiary/aromatic N) is 3. The first kappa shape index (κ1) is 22.6. The molecule has 1 aromatic carbocycles. The molecule has 2 aliphatic rings. The van der Waals surface area contributed by atoms with Gasteiger partial charge in [-0.2, -0.15) is 0 Å². The maximum absolute atomic E-state index is 13.2. The minimum atomic E-state index is -0.344. The molecule has 1 fully saturated rings. The zero-order valence-electron chi connectivity index (χ0n) is 18.3. The smallest absolute Gasteiger partial charge is 0.264 e. The Morgan fingerprint density at radius 2 is 2.19 bits per heavy atom. The third-order valence-corrected chi connectivity index (χ3v) is 6.37. The molecule has 1 saturated heterocycles. The average Bonchev–Trinajstić information content (AvgIpc) is 2.92. The van der Waals surface area contributed by atoms with Crippen LogP contribution in [0.15, 0.2) is 36.5 Å². The summed E-state index contributed by atoms with van der Waals surface area (Å²) >= 11 is 6.18. The second-order valence-corrected chi connectivity index (χ2v) is 8.70. The molecule has 2 aliphatic heterocycles. The molecule has 0 bridgehead atoms. The van der Waals surface area contributed by atoms with Gasteiger partial charge in [-0.1, -0.05) is 24.9 Å². The number of ether oxygens (including phenoxy) is 1. The predicted octanol–water partition coefficient (Wildman–Crippen LogP) is 4.26. The Hall–Kier alpha value is -2.64. The van der Waals surface area contributed by atoms with Gasteiger partial charge in [-0.15, -0.1) is 0 Å². The second-order valence-electron chi connectivity index (χ2n) is 8.26. The fraction of sp³-hybridized carbons (Fsp3) is 0.458. The van der Waals surface area contributed by atoms with Gasteiger partial charge in [0.25, 0.3) is 5.91 Å². The first-order valence-electron chi connectivity index (χ1n) is 11.3. The van der Waals surface area contributed by atoms with Crippen molar-refractivity contribution in [2.45, 2.75) is 45.1 Å². The molecule has 0 unspecified atom stereocenters. The molecule has 0 spiro atoms. The number of carbonyl (C=O) groups excluding carboxylic acids is 2. The van der Waals surface area contributed by atoms with E-state index in [0.717, 1.165) is 19.5 Å². The van der Waals surface area contributed by atoms with E-state index in [1.54, 1.807) is 36.5 Å². The van der Waals surface area contributed by atoms with Crippen molar-refractivity contribution < 1.29 is 14.3 Å². The van der Waals surface area contributed by atoms with Gasteiger partial charge in [0.2, 0.25) is 11.8 Å². The van der Waals surface area contributed by atoms with Crippen molar-refractivity contribution in [2.75, 3.05) is 31.1 Å². The minimum absolute atomic E-state index is 0.120. The normalized spacial score (nSPS) is 18.4. The highest BCUT2D eigenvalue weighted by Crippen LogP contribution is 2.39. The first-order chi connectivity index (χ1) is 15.6. The van der Waals surface area contributed by atoms with E-state index in [4.69, 9.17) is 16.3 Å². The number of carbonyl (C=O) groups is 2. The Balaban J connectivity index is 1.40. The molecule has 0 saturated carbocycles. The van der Waals surface area contributed by atoms with Crippen molar-refractivity contribution in [3.05, 3.63) is 47.1 Å². The number of halogens is 1. The number of aromatic nitrogens is 1. The van der Waals surface area contributed by atoms with Crippen molar-refractivity contribution in [3.8, 4) is 11.6 Å². The Labute approximate surface area is 193 Å². The fourth-order valence-corrected chi connectivity index (χ4v) is 4.63. The van der Waals surface area contributed by atoms with Crippen LogP contribution in [0, 0.1) is 0 Å². The number of benzene rings is 1. The molecule has 1 N–H and O–H groups in total. The van der Waals surface area contributed by atoms with Crippen LogP contribution in [0.1, 0.15) is 49.4 Å². The monoisotopic (exact) mass is 456 g/mol. The zero-order chi connectivity index (χ0) is 22.5. The van der Waals surface area contributed by atoms with E-state index < -0.39 is 0 Å². The van der Waals surface area contributed by atoms with E-state index in [2.05, 4.69) is 22.1 Å². The van der Waals surface area contributed by atoms with Crippen molar-refractivity contribution in [2.24, 2.45) is 0 Å². The van der Waals surface area contributed by atoms with Gasteiger partial charge in [-0.3, -0.25) is 14.5 Å².